The van der Waals surface area contributed by atoms with E-state index >= 15 is 0 Å². The lowest BCUT2D eigenvalue weighted by atomic mass is 10.0. The van der Waals surface area contributed by atoms with Crippen molar-refractivity contribution in [2.24, 2.45) is 14.1 Å². The summed E-state index contributed by atoms with van der Waals surface area (Å²) in [6.45, 7) is 1.48. The van der Waals surface area contributed by atoms with Gasteiger partial charge in [0.15, 0.2) is 5.65 Å². The van der Waals surface area contributed by atoms with E-state index in [0.29, 0.717) is 0 Å². The molecule has 0 spiro atoms. The molecule has 0 fully saturated rings. The van der Waals surface area contributed by atoms with Crippen LogP contribution in [0.2, 0.25) is 0 Å². The molecule has 0 unspecified atom stereocenters. The summed E-state index contributed by atoms with van der Waals surface area (Å²) >= 11 is 0. The quantitative estimate of drug-likeness (QED) is 0.509. The van der Waals surface area contributed by atoms with Crippen molar-refractivity contribution in [3.05, 3.63) is 54.1 Å². The standard InChI is InChI=1S/C20H21N7.CH2O2/c1-25-13-22-19-17(25)12-21-20(23-19)27-10-8-15-16(9-11-27)24-26(2)18(15)14-6-4-3-5-7-14;2-1-3/h3-7,12-13H,8-11H2,1-2H3;1H,(H,2,3). The monoisotopic (exact) mass is 405 g/mol. The van der Waals surface area contributed by atoms with Crippen LogP contribution in [0.15, 0.2) is 42.9 Å². The van der Waals surface area contributed by atoms with Crippen LogP contribution < -0.4 is 4.90 Å². The Bertz CT molecular complexity index is 1170. The van der Waals surface area contributed by atoms with Crippen molar-refractivity contribution in [2.75, 3.05) is 18.0 Å². The van der Waals surface area contributed by atoms with Crippen molar-refractivity contribution in [3.63, 3.8) is 0 Å². The Morgan fingerprint density at radius 3 is 2.57 bits per heavy atom. The number of fused-ring (bicyclic) bond motifs is 2. The Balaban J connectivity index is 0.000000687. The molecule has 4 heterocycles. The van der Waals surface area contributed by atoms with E-state index in [4.69, 9.17) is 15.0 Å². The Labute approximate surface area is 173 Å². The molecule has 0 bridgehead atoms. The minimum absolute atomic E-state index is 0.250. The van der Waals surface area contributed by atoms with Crippen LogP contribution in [0.4, 0.5) is 5.95 Å². The number of hydrogen-bond donors (Lipinski definition) is 1. The van der Waals surface area contributed by atoms with Crippen LogP contribution in [0.5, 0.6) is 0 Å². The minimum Gasteiger partial charge on any atom is -0.483 e. The molecule has 0 amide bonds. The highest BCUT2D eigenvalue weighted by Gasteiger charge is 2.23. The predicted molar refractivity (Wildman–Crippen MR) is 113 cm³/mol. The third kappa shape index (κ3) is 3.61. The Kier molecular flexibility index (Phi) is 5.42. The fourth-order valence-corrected chi connectivity index (χ4v) is 3.90. The van der Waals surface area contributed by atoms with E-state index in [0.717, 1.165) is 43.0 Å². The zero-order valence-electron chi connectivity index (χ0n) is 16.9. The summed E-state index contributed by atoms with van der Waals surface area (Å²) in [6.07, 6.45) is 5.45. The van der Waals surface area contributed by atoms with Crippen LogP contribution >= 0.6 is 0 Å². The van der Waals surface area contributed by atoms with Crippen LogP contribution in [0.25, 0.3) is 22.4 Å². The molecule has 1 aliphatic heterocycles. The number of carboxylic acid groups (broad SMARTS) is 1. The molecule has 0 radical (unpaired) electrons. The van der Waals surface area contributed by atoms with E-state index in [2.05, 4.69) is 44.1 Å². The molecule has 9 heteroatoms. The molecule has 0 aliphatic carbocycles. The first-order valence-corrected chi connectivity index (χ1v) is 9.69. The van der Waals surface area contributed by atoms with Gasteiger partial charge < -0.3 is 14.6 Å². The molecule has 30 heavy (non-hydrogen) atoms. The average molecular weight is 405 g/mol. The van der Waals surface area contributed by atoms with Crippen molar-refractivity contribution >= 4 is 23.6 Å². The molecular formula is C21H23N7O2. The minimum atomic E-state index is -0.250. The molecule has 9 nitrogen and oxygen atoms in total. The highest BCUT2D eigenvalue weighted by atomic mass is 16.3. The largest absolute Gasteiger partial charge is 0.483 e. The first-order valence-electron chi connectivity index (χ1n) is 9.69. The first-order chi connectivity index (χ1) is 14.6. The average Bonchev–Trinajstić information content (AvgIpc) is 3.20. The number of rotatable bonds is 2. The van der Waals surface area contributed by atoms with E-state index in [1.54, 1.807) is 6.33 Å². The molecule has 0 atom stereocenters. The third-order valence-corrected chi connectivity index (χ3v) is 5.28. The molecule has 1 aromatic carbocycles. The topological polar surface area (TPSA) is 102 Å². The van der Waals surface area contributed by atoms with E-state index in [-0.39, 0.29) is 6.47 Å². The van der Waals surface area contributed by atoms with Crippen molar-refractivity contribution in [1.29, 1.82) is 0 Å². The van der Waals surface area contributed by atoms with E-state index in [9.17, 15) is 0 Å². The van der Waals surface area contributed by atoms with Gasteiger partial charge in [-0.15, -0.1) is 0 Å². The maximum absolute atomic E-state index is 8.36. The lowest BCUT2D eigenvalue weighted by Crippen LogP contribution is -2.28. The zero-order valence-corrected chi connectivity index (χ0v) is 16.9. The summed E-state index contributed by atoms with van der Waals surface area (Å²) in [6, 6.07) is 10.5. The number of benzene rings is 1. The van der Waals surface area contributed by atoms with Gasteiger partial charge in [-0.3, -0.25) is 9.48 Å². The number of nitrogens with zero attached hydrogens (tertiary/aromatic N) is 7. The van der Waals surface area contributed by atoms with E-state index in [1.165, 1.54) is 22.5 Å². The lowest BCUT2D eigenvalue weighted by Gasteiger charge is -2.20. The molecular weight excluding hydrogens is 382 g/mol. The number of aryl methyl sites for hydroxylation is 2. The highest BCUT2D eigenvalue weighted by molar-refractivity contribution is 5.71. The van der Waals surface area contributed by atoms with Gasteiger partial charge in [0, 0.05) is 44.7 Å². The molecule has 5 rings (SSSR count). The number of carbonyl (C=O) groups is 1. The molecule has 1 N–H and O–H groups in total. The molecule has 0 saturated heterocycles. The first kappa shape index (κ1) is 19.6. The van der Waals surface area contributed by atoms with Gasteiger partial charge >= 0.3 is 0 Å². The van der Waals surface area contributed by atoms with Crippen LogP contribution in [-0.2, 0) is 31.7 Å². The summed E-state index contributed by atoms with van der Waals surface area (Å²) in [4.78, 5) is 24.2. The Morgan fingerprint density at radius 1 is 1.07 bits per heavy atom. The summed E-state index contributed by atoms with van der Waals surface area (Å²) in [5, 5.41) is 11.7. The predicted octanol–water partition coefficient (Wildman–Crippen LogP) is 2.07. The number of aromatic nitrogens is 6. The lowest BCUT2D eigenvalue weighted by molar-refractivity contribution is -0.122. The zero-order chi connectivity index (χ0) is 21.1. The summed E-state index contributed by atoms with van der Waals surface area (Å²) in [7, 11) is 3.99. The molecule has 3 aromatic heterocycles. The fraction of sp³-hybridized carbons (Fsp3) is 0.286. The van der Waals surface area contributed by atoms with Crippen LogP contribution in [0.3, 0.4) is 0 Å². The van der Waals surface area contributed by atoms with E-state index < -0.39 is 0 Å². The van der Waals surface area contributed by atoms with Crippen LogP contribution in [0, 0.1) is 0 Å². The maximum atomic E-state index is 8.36. The van der Waals surface area contributed by atoms with Gasteiger partial charge in [0.2, 0.25) is 5.95 Å². The smallest absolute Gasteiger partial charge is 0.290 e. The number of hydrogen-bond acceptors (Lipinski definition) is 6. The molecule has 0 saturated carbocycles. The molecule has 154 valence electrons. The number of anilines is 1. The SMILES string of the molecule is Cn1nc2c(c1-c1ccccc1)CCN(c1ncc3c(ncn3C)n1)CC2.O=CO. The Morgan fingerprint density at radius 2 is 1.80 bits per heavy atom. The second-order valence-electron chi connectivity index (χ2n) is 7.09. The molecule has 4 aromatic rings. The van der Waals surface area contributed by atoms with Gasteiger partial charge in [-0.1, -0.05) is 30.3 Å². The van der Waals surface area contributed by atoms with Crippen molar-refractivity contribution < 1.29 is 9.90 Å². The normalized spacial score (nSPS) is 13.3. The van der Waals surface area contributed by atoms with Gasteiger partial charge in [0.05, 0.1) is 23.9 Å². The summed E-state index contributed by atoms with van der Waals surface area (Å²) < 4.78 is 3.96. The van der Waals surface area contributed by atoms with Crippen molar-refractivity contribution in [3.8, 4) is 11.3 Å². The van der Waals surface area contributed by atoms with Crippen LogP contribution in [-0.4, -0.2) is 54.0 Å². The second kappa shape index (κ2) is 8.32. The van der Waals surface area contributed by atoms with Gasteiger partial charge in [-0.25, -0.2) is 9.97 Å². The van der Waals surface area contributed by atoms with Gasteiger partial charge in [0.1, 0.15) is 5.52 Å². The van der Waals surface area contributed by atoms with E-state index in [1.807, 2.05) is 35.6 Å². The van der Waals surface area contributed by atoms with Gasteiger partial charge in [-0.05, 0) is 6.42 Å². The summed E-state index contributed by atoms with van der Waals surface area (Å²) in [5.41, 5.74) is 6.64. The third-order valence-electron chi connectivity index (χ3n) is 5.28. The molecule has 1 aliphatic rings. The maximum Gasteiger partial charge on any atom is 0.290 e. The number of imidazole rings is 1. The van der Waals surface area contributed by atoms with Gasteiger partial charge in [-0.2, -0.15) is 10.1 Å². The van der Waals surface area contributed by atoms with Crippen molar-refractivity contribution in [1.82, 2.24) is 29.3 Å². The highest BCUT2D eigenvalue weighted by Crippen LogP contribution is 2.29. The van der Waals surface area contributed by atoms with Crippen molar-refractivity contribution in [2.45, 2.75) is 12.8 Å². The van der Waals surface area contributed by atoms with Crippen LogP contribution in [0.1, 0.15) is 11.3 Å². The van der Waals surface area contributed by atoms with Gasteiger partial charge in [0.25, 0.3) is 6.47 Å². The fourth-order valence-electron chi connectivity index (χ4n) is 3.90. The second-order valence-corrected chi connectivity index (χ2v) is 7.09. The Hall–Kier alpha value is -3.75. The summed E-state index contributed by atoms with van der Waals surface area (Å²) in [5.74, 6) is 0.747.